The van der Waals surface area contributed by atoms with Crippen LogP contribution in [0.15, 0.2) is 28.2 Å². The van der Waals surface area contributed by atoms with Crippen LogP contribution in [-0.4, -0.2) is 13.2 Å². The SMILES string of the molecule is CCOP(=S)(OCC)OC(=CCl)c1ccc(Cl)cc1Br. The number of hydrogen-bond donors (Lipinski definition) is 0. The average molecular weight is 420 g/mol. The zero-order valence-electron chi connectivity index (χ0n) is 10.9. The third-order valence-corrected chi connectivity index (χ3v) is 5.59. The van der Waals surface area contributed by atoms with Gasteiger partial charge in [0.25, 0.3) is 0 Å². The molecule has 0 saturated carbocycles. The van der Waals surface area contributed by atoms with Gasteiger partial charge < -0.3 is 4.52 Å². The van der Waals surface area contributed by atoms with Crippen LogP contribution >= 0.6 is 45.9 Å². The molecule has 1 rings (SSSR count). The molecule has 0 unspecified atom stereocenters. The van der Waals surface area contributed by atoms with Crippen molar-refractivity contribution in [3.63, 3.8) is 0 Å². The van der Waals surface area contributed by atoms with E-state index in [1.54, 1.807) is 18.2 Å². The molecule has 0 heterocycles. The number of hydrogen-bond acceptors (Lipinski definition) is 4. The molecular formula is C12H14BrCl2O3PS. The summed E-state index contributed by atoms with van der Waals surface area (Å²) in [6.07, 6.45) is 0. The van der Waals surface area contributed by atoms with E-state index in [0.29, 0.717) is 24.0 Å². The fourth-order valence-corrected chi connectivity index (χ4v) is 4.52. The van der Waals surface area contributed by atoms with Gasteiger partial charge in [-0.25, -0.2) is 0 Å². The van der Waals surface area contributed by atoms with E-state index < -0.39 is 6.72 Å². The normalized spacial score (nSPS) is 12.6. The average Bonchev–Trinajstić information content (AvgIpc) is 2.37. The third kappa shape index (κ3) is 5.30. The van der Waals surface area contributed by atoms with Gasteiger partial charge in [-0.1, -0.05) is 23.2 Å². The molecule has 1 aromatic carbocycles. The van der Waals surface area contributed by atoms with Crippen molar-refractivity contribution in [1.29, 1.82) is 0 Å². The molecular weight excluding hydrogens is 406 g/mol. The van der Waals surface area contributed by atoms with Gasteiger partial charge in [0.05, 0.1) is 13.2 Å². The van der Waals surface area contributed by atoms with Gasteiger partial charge in [-0.15, -0.1) is 0 Å². The lowest BCUT2D eigenvalue weighted by Crippen LogP contribution is -2.00. The summed E-state index contributed by atoms with van der Waals surface area (Å²) in [4.78, 5) is 0. The van der Waals surface area contributed by atoms with Crippen LogP contribution in [0.2, 0.25) is 5.02 Å². The van der Waals surface area contributed by atoms with Gasteiger partial charge in [-0.2, -0.15) is 0 Å². The monoisotopic (exact) mass is 418 g/mol. The Balaban J connectivity index is 3.05. The second-order valence-electron chi connectivity index (χ2n) is 3.47. The maximum atomic E-state index is 5.91. The Morgan fingerprint density at radius 2 is 1.95 bits per heavy atom. The quantitative estimate of drug-likeness (QED) is 0.403. The second kappa shape index (κ2) is 8.74. The zero-order chi connectivity index (χ0) is 15.2. The van der Waals surface area contributed by atoms with Crippen molar-refractivity contribution < 1.29 is 13.6 Å². The molecule has 0 atom stereocenters. The maximum absolute atomic E-state index is 5.91. The highest BCUT2D eigenvalue weighted by molar-refractivity contribution is 9.10. The molecule has 0 fully saturated rings. The van der Waals surface area contributed by atoms with Crippen LogP contribution in [0.3, 0.4) is 0 Å². The molecule has 112 valence electrons. The van der Waals surface area contributed by atoms with Crippen molar-refractivity contribution in [1.82, 2.24) is 0 Å². The minimum atomic E-state index is -2.86. The smallest absolute Gasteiger partial charge is 0.380 e. The summed E-state index contributed by atoms with van der Waals surface area (Å²) in [6, 6.07) is 5.25. The van der Waals surface area contributed by atoms with Crippen molar-refractivity contribution in [3.05, 3.63) is 38.8 Å². The van der Waals surface area contributed by atoms with E-state index in [0.717, 1.165) is 10.0 Å². The molecule has 0 bridgehead atoms. The van der Waals surface area contributed by atoms with Crippen LogP contribution in [-0.2, 0) is 25.4 Å². The lowest BCUT2D eigenvalue weighted by atomic mass is 10.2. The Morgan fingerprint density at radius 1 is 1.35 bits per heavy atom. The Morgan fingerprint density at radius 3 is 2.40 bits per heavy atom. The van der Waals surface area contributed by atoms with Gasteiger partial charge in [0.1, 0.15) is 5.76 Å². The molecule has 0 aliphatic carbocycles. The predicted octanol–water partition coefficient (Wildman–Crippen LogP) is 5.95. The van der Waals surface area contributed by atoms with E-state index in [1.165, 1.54) is 5.54 Å². The van der Waals surface area contributed by atoms with Crippen LogP contribution in [0.5, 0.6) is 0 Å². The zero-order valence-corrected chi connectivity index (χ0v) is 15.7. The minimum absolute atomic E-state index is 0.375. The van der Waals surface area contributed by atoms with Gasteiger partial charge in [0.15, 0.2) is 0 Å². The summed E-state index contributed by atoms with van der Waals surface area (Å²) in [5.74, 6) is 0.375. The van der Waals surface area contributed by atoms with E-state index in [4.69, 9.17) is 48.6 Å². The fraction of sp³-hybridized carbons (Fsp3) is 0.333. The van der Waals surface area contributed by atoms with E-state index in [-0.39, 0.29) is 0 Å². The van der Waals surface area contributed by atoms with Gasteiger partial charge in [-0.3, -0.25) is 9.05 Å². The Hall–Kier alpha value is 0.390. The number of halogens is 3. The maximum Gasteiger partial charge on any atom is 0.380 e. The highest BCUT2D eigenvalue weighted by atomic mass is 79.9. The van der Waals surface area contributed by atoms with Crippen LogP contribution in [0, 0.1) is 0 Å². The van der Waals surface area contributed by atoms with Crippen molar-refractivity contribution in [2.45, 2.75) is 13.8 Å². The highest BCUT2D eigenvalue weighted by Gasteiger charge is 2.24. The molecule has 0 spiro atoms. The first-order valence-electron chi connectivity index (χ1n) is 5.80. The minimum Gasteiger partial charge on any atom is -0.422 e. The Kier molecular flexibility index (Phi) is 8.06. The summed E-state index contributed by atoms with van der Waals surface area (Å²) in [5.41, 5.74) is 2.02. The topological polar surface area (TPSA) is 27.7 Å². The largest absolute Gasteiger partial charge is 0.422 e. The lowest BCUT2D eigenvalue weighted by molar-refractivity contribution is 0.210. The fourth-order valence-electron chi connectivity index (χ4n) is 1.34. The Labute approximate surface area is 142 Å². The van der Waals surface area contributed by atoms with Gasteiger partial charge in [0.2, 0.25) is 0 Å². The van der Waals surface area contributed by atoms with E-state index in [1.807, 2.05) is 13.8 Å². The molecule has 0 aromatic heterocycles. The summed E-state index contributed by atoms with van der Waals surface area (Å²) in [6.45, 7) is 1.58. The molecule has 0 aliphatic rings. The molecule has 8 heteroatoms. The number of rotatable bonds is 7. The molecule has 3 nitrogen and oxygen atoms in total. The van der Waals surface area contributed by atoms with Crippen molar-refractivity contribution in [2.24, 2.45) is 0 Å². The van der Waals surface area contributed by atoms with E-state index in [2.05, 4.69) is 15.9 Å². The first-order valence-corrected chi connectivity index (χ1v) is 9.96. The summed E-state index contributed by atoms with van der Waals surface area (Å²) in [7, 11) is 0. The molecule has 0 radical (unpaired) electrons. The van der Waals surface area contributed by atoms with E-state index >= 15 is 0 Å². The third-order valence-electron chi connectivity index (χ3n) is 2.08. The standard InChI is InChI=1S/C12H14BrCl2O3PS/c1-3-16-19(20,17-4-2)18-12(8-14)10-6-5-9(15)7-11(10)13/h5-8H,3-4H2,1-2H3. The first kappa shape index (κ1) is 18.4. The van der Waals surface area contributed by atoms with Crippen LogP contribution < -0.4 is 0 Å². The molecule has 0 amide bonds. The molecule has 0 aliphatic heterocycles. The van der Waals surface area contributed by atoms with Gasteiger partial charge >= 0.3 is 6.72 Å². The highest BCUT2D eigenvalue weighted by Crippen LogP contribution is 2.53. The molecule has 20 heavy (non-hydrogen) atoms. The van der Waals surface area contributed by atoms with E-state index in [9.17, 15) is 0 Å². The van der Waals surface area contributed by atoms with Crippen molar-refractivity contribution >= 4 is 63.4 Å². The molecule has 0 N–H and O–H groups in total. The van der Waals surface area contributed by atoms with Crippen LogP contribution in [0.4, 0.5) is 0 Å². The lowest BCUT2D eigenvalue weighted by Gasteiger charge is -2.22. The summed E-state index contributed by atoms with van der Waals surface area (Å²) < 4.78 is 17.3. The summed E-state index contributed by atoms with van der Waals surface area (Å²) >= 11 is 20.5. The van der Waals surface area contributed by atoms with Crippen molar-refractivity contribution in [3.8, 4) is 0 Å². The van der Waals surface area contributed by atoms with Crippen molar-refractivity contribution in [2.75, 3.05) is 13.2 Å². The van der Waals surface area contributed by atoms with Crippen LogP contribution in [0.25, 0.3) is 5.76 Å². The Bertz CT molecular complexity index is 529. The first-order chi connectivity index (χ1) is 9.45. The van der Waals surface area contributed by atoms with Gasteiger partial charge in [0, 0.05) is 32.4 Å². The summed E-state index contributed by atoms with van der Waals surface area (Å²) in [5, 5.41) is 0.601. The molecule has 1 aromatic rings. The van der Waals surface area contributed by atoms with Crippen LogP contribution in [0.1, 0.15) is 19.4 Å². The predicted molar refractivity (Wildman–Crippen MR) is 91.6 cm³/mol. The number of benzene rings is 1. The molecule has 0 saturated heterocycles. The second-order valence-corrected chi connectivity index (χ2v) is 7.92. The van der Waals surface area contributed by atoms with Gasteiger partial charge in [-0.05, 0) is 48.0 Å².